The maximum absolute atomic E-state index is 11.8. The Morgan fingerprint density at radius 3 is 2.67 bits per heavy atom. The molecule has 0 N–H and O–H groups in total. The SMILES string of the molecule is CCOC(=O)CN(Cc1c(Cl)c(CC)nn1CC)C1CC1. The van der Waals surface area contributed by atoms with Crippen LogP contribution in [0, 0.1) is 0 Å². The summed E-state index contributed by atoms with van der Waals surface area (Å²) in [4.78, 5) is 13.9. The van der Waals surface area contributed by atoms with E-state index in [9.17, 15) is 4.79 Å². The topological polar surface area (TPSA) is 47.4 Å². The number of aromatic nitrogens is 2. The third-order valence-electron chi connectivity index (χ3n) is 3.75. The molecule has 5 nitrogen and oxygen atoms in total. The maximum atomic E-state index is 11.8. The Hall–Kier alpha value is -1.07. The van der Waals surface area contributed by atoms with E-state index in [1.54, 1.807) is 0 Å². The molecule has 1 aromatic rings. The Bertz CT molecular complexity index is 497. The van der Waals surface area contributed by atoms with E-state index < -0.39 is 0 Å². The van der Waals surface area contributed by atoms with Gasteiger partial charge >= 0.3 is 5.97 Å². The van der Waals surface area contributed by atoms with Crippen molar-refractivity contribution in [1.82, 2.24) is 14.7 Å². The summed E-state index contributed by atoms with van der Waals surface area (Å²) >= 11 is 6.45. The van der Waals surface area contributed by atoms with Crippen LogP contribution in [0.4, 0.5) is 0 Å². The number of hydrogen-bond acceptors (Lipinski definition) is 4. The number of hydrogen-bond donors (Lipinski definition) is 0. The average molecular weight is 314 g/mol. The van der Waals surface area contributed by atoms with E-state index >= 15 is 0 Å². The van der Waals surface area contributed by atoms with Gasteiger partial charge in [-0.15, -0.1) is 0 Å². The highest BCUT2D eigenvalue weighted by molar-refractivity contribution is 6.31. The van der Waals surface area contributed by atoms with Crippen molar-refractivity contribution in [3.05, 3.63) is 16.4 Å². The first-order valence-corrected chi connectivity index (χ1v) is 8.12. The zero-order valence-corrected chi connectivity index (χ0v) is 13.8. The van der Waals surface area contributed by atoms with Gasteiger partial charge in [-0.25, -0.2) is 0 Å². The molecule has 21 heavy (non-hydrogen) atoms. The second kappa shape index (κ2) is 7.27. The summed E-state index contributed by atoms with van der Waals surface area (Å²) < 4.78 is 7.01. The highest BCUT2D eigenvalue weighted by atomic mass is 35.5. The van der Waals surface area contributed by atoms with Crippen molar-refractivity contribution in [1.29, 1.82) is 0 Å². The van der Waals surface area contributed by atoms with Crippen molar-refractivity contribution in [3.63, 3.8) is 0 Å². The molecular formula is C15H24ClN3O2. The third-order valence-corrected chi connectivity index (χ3v) is 4.18. The van der Waals surface area contributed by atoms with Gasteiger partial charge in [0.1, 0.15) is 0 Å². The van der Waals surface area contributed by atoms with Crippen LogP contribution in [0.3, 0.4) is 0 Å². The molecule has 118 valence electrons. The molecule has 0 radical (unpaired) electrons. The Kier molecular flexibility index (Phi) is 5.65. The largest absolute Gasteiger partial charge is 0.465 e. The van der Waals surface area contributed by atoms with Crippen LogP contribution in [0.2, 0.25) is 5.02 Å². The van der Waals surface area contributed by atoms with Gasteiger partial charge in [-0.2, -0.15) is 5.10 Å². The summed E-state index contributed by atoms with van der Waals surface area (Å²) in [5.41, 5.74) is 1.94. The molecule has 0 bridgehead atoms. The van der Waals surface area contributed by atoms with Crippen molar-refractivity contribution >= 4 is 17.6 Å². The molecule has 2 rings (SSSR count). The van der Waals surface area contributed by atoms with Gasteiger partial charge in [-0.1, -0.05) is 18.5 Å². The molecule has 0 spiro atoms. The molecule has 0 aliphatic heterocycles. The van der Waals surface area contributed by atoms with Gasteiger partial charge in [0.2, 0.25) is 0 Å². The molecule has 0 saturated heterocycles. The van der Waals surface area contributed by atoms with E-state index in [1.165, 1.54) is 0 Å². The lowest BCUT2D eigenvalue weighted by Gasteiger charge is -2.21. The Morgan fingerprint density at radius 2 is 2.14 bits per heavy atom. The fourth-order valence-electron chi connectivity index (χ4n) is 2.49. The first-order chi connectivity index (χ1) is 10.1. The minimum absolute atomic E-state index is 0.168. The van der Waals surface area contributed by atoms with E-state index in [-0.39, 0.29) is 5.97 Å². The number of esters is 1. The molecule has 0 unspecified atom stereocenters. The van der Waals surface area contributed by atoms with Gasteiger partial charge in [-0.05, 0) is 33.1 Å². The van der Waals surface area contributed by atoms with Gasteiger partial charge in [0.25, 0.3) is 0 Å². The lowest BCUT2D eigenvalue weighted by Crippen LogP contribution is -2.33. The minimum atomic E-state index is -0.168. The standard InChI is InChI=1S/C15H24ClN3O2/c1-4-12-15(16)13(19(5-2)17-12)9-18(11-7-8-11)10-14(20)21-6-3/h11H,4-10H2,1-3H3. The predicted molar refractivity (Wildman–Crippen MR) is 82.4 cm³/mol. The van der Waals surface area contributed by atoms with Crippen molar-refractivity contribution < 1.29 is 9.53 Å². The van der Waals surface area contributed by atoms with Gasteiger partial charge in [0.05, 0.1) is 29.6 Å². The Labute approximate surface area is 131 Å². The van der Waals surface area contributed by atoms with Crippen LogP contribution in [-0.4, -0.2) is 39.8 Å². The van der Waals surface area contributed by atoms with Crippen LogP contribution >= 0.6 is 11.6 Å². The molecule has 0 atom stereocenters. The van der Waals surface area contributed by atoms with E-state index in [0.717, 1.165) is 42.2 Å². The minimum Gasteiger partial charge on any atom is -0.465 e. The zero-order valence-electron chi connectivity index (χ0n) is 13.1. The van der Waals surface area contributed by atoms with Crippen LogP contribution in [0.25, 0.3) is 0 Å². The van der Waals surface area contributed by atoms with E-state index in [2.05, 4.69) is 23.8 Å². The van der Waals surface area contributed by atoms with Crippen LogP contribution < -0.4 is 0 Å². The summed E-state index contributed by atoms with van der Waals surface area (Å²) in [6.07, 6.45) is 3.09. The normalized spacial score (nSPS) is 14.7. The number of ether oxygens (including phenoxy) is 1. The van der Waals surface area contributed by atoms with Crippen molar-refractivity contribution in [2.75, 3.05) is 13.2 Å². The van der Waals surface area contributed by atoms with E-state index in [0.29, 0.717) is 25.7 Å². The number of carbonyl (C=O) groups excluding carboxylic acids is 1. The van der Waals surface area contributed by atoms with E-state index in [4.69, 9.17) is 16.3 Å². The lowest BCUT2D eigenvalue weighted by atomic mass is 10.2. The molecule has 0 amide bonds. The van der Waals surface area contributed by atoms with Crippen LogP contribution in [0.15, 0.2) is 0 Å². The summed E-state index contributed by atoms with van der Waals surface area (Å²) in [5.74, 6) is -0.168. The fourth-order valence-corrected chi connectivity index (χ4v) is 2.82. The van der Waals surface area contributed by atoms with Crippen LogP contribution in [-0.2, 0) is 29.0 Å². The van der Waals surface area contributed by atoms with Gasteiger partial charge < -0.3 is 4.74 Å². The summed E-state index contributed by atoms with van der Waals surface area (Å²) in [7, 11) is 0. The molecule has 1 aliphatic rings. The molecule has 1 saturated carbocycles. The zero-order chi connectivity index (χ0) is 15.4. The van der Waals surface area contributed by atoms with Crippen molar-refractivity contribution in [3.8, 4) is 0 Å². The smallest absolute Gasteiger partial charge is 0.320 e. The quantitative estimate of drug-likeness (QED) is 0.692. The molecule has 1 heterocycles. The fraction of sp³-hybridized carbons (Fsp3) is 0.733. The first kappa shape index (κ1) is 16.3. The molecule has 1 aromatic heterocycles. The highest BCUT2D eigenvalue weighted by Gasteiger charge is 2.32. The molecular weight excluding hydrogens is 290 g/mol. The Balaban J connectivity index is 2.13. The van der Waals surface area contributed by atoms with Gasteiger partial charge in [0.15, 0.2) is 0 Å². The second-order valence-electron chi connectivity index (χ2n) is 5.32. The number of nitrogens with zero attached hydrogens (tertiary/aromatic N) is 3. The Morgan fingerprint density at radius 1 is 1.43 bits per heavy atom. The van der Waals surface area contributed by atoms with Crippen LogP contribution in [0.5, 0.6) is 0 Å². The number of rotatable bonds is 8. The molecule has 0 aromatic carbocycles. The van der Waals surface area contributed by atoms with Gasteiger partial charge in [-0.3, -0.25) is 14.4 Å². The predicted octanol–water partition coefficient (Wildman–Crippen LogP) is 2.65. The summed E-state index contributed by atoms with van der Waals surface area (Å²) in [5, 5.41) is 5.28. The number of carbonyl (C=O) groups is 1. The van der Waals surface area contributed by atoms with Crippen molar-refractivity contribution in [2.24, 2.45) is 0 Å². The summed E-state index contributed by atoms with van der Waals surface area (Å²) in [6, 6.07) is 0.468. The molecule has 1 fully saturated rings. The second-order valence-corrected chi connectivity index (χ2v) is 5.70. The molecule has 1 aliphatic carbocycles. The highest BCUT2D eigenvalue weighted by Crippen LogP contribution is 2.30. The van der Waals surface area contributed by atoms with E-state index in [1.807, 2.05) is 11.6 Å². The van der Waals surface area contributed by atoms with Gasteiger partial charge in [0, 0.05) is 19.1 Å². The number of halogens is 1. The molecule has 6 heteroatoms. The average Bonchev–Trinajstić information content (AvgIpc) is 3.25. The third kappa shape index (κ3) is 3.98. The monoisotopic (exact) mass is 313 g/mol. The van der Waals surface area contributed by atoms with Crippen LogP contribution in [0.1, 0.15) is 45.0 Å². The summed E-state index contributed by atoms with van der Waals surface area (Å²) in [6.45, 7) is 8.12. The number of aryl methyl sites for hydroxylation is 2. The maximum Gasteiger partial charge on any atom is 0.320 e. The van der Waals surface area contributed by atoms with Crippen molar-refractivity contribution in [2.45, 2.75) is 59.2 Å². The first-order valence-electron chi connectivity index (χ1n) is 7.74. The lowest BCUT2D eigenvalue weighted by molar-refractivity contribution is -0.144.